The maximum atomic E-state index is 12.3. The van der Waals surface area contributed by atoms with Crippen LogP contribution >= 0.6 is 0 Å². The van der Waals surface area contributed by atoms with E-state index in [1.165, 1.54) is 23.1 Å². The summed E-state index contributed by atoms with van der Waals surface area (Å²) >= 11 is 0. The zero-order valence-corrected chi connectivity index (χ0v) is 13.1. The number of alkyl halides is 3. The van der Waals surface area contributed by atoms with Crippen molar-refractivity contribution < 1.29 is 32.9 Å². The molecular weight excluding hydrogens is 339 g/mol. The highest BCUT2D eigenvalue weighted by Gasteiger charge is 2.49. The van der Waals surface area contributed by atoms with Crippen LogP contribution in [0.3, 0.4) is 0 Å². The third-order valence-electron chi connectivity index (χ3n) is 4.49. The highest BCUT2D eigenvalue weighted by molar-refractivity contribution is 5.67. The summed E-state index contributed by atoms with van der Waals surface area (Å²) in [5.74, 6) is 5.01. The number of rotatable bonds is 1. The summed E-state index contributed by atoms with van der Waals surface area (Å²) in [6, 6.07) is 4.64. The minimum Gasteiger partial charge on any atom is -0.465 e. The van der Waals surface area contributed by atoms with Crippen molar-refractivity contribution in [1.82, 2.24) is 4.90 Å². The van der Waals surface area contributed by atoms with Crippen molar-refractivity contribution in [2.75, 3.05) is 0 Å². The van der Waals surface area contributed by atoms with Crippen molar-refractivity contribution in [1.29, 1.82) is 0 Å². The molecule has 2 aliphatic heterocycles. The van der Waals surface area contributed by atoms with Crippen molar-refractivity contribution in [2.24, 2.45) is 0 Å². The number of nitrogens with zero attached hydrogens (tertiary/aromatic N) is 1. The number of carbonyl (C=O) groups is 1. The second-order valence-electron chi connectivity index (χ2n) is 6.34. The molecule has 25 heavy (non-hydrogen) atoms. The Balaban J connectivity index is 1.76. The fourth-order valence-electron chi connectivity index (χ4n) is 3.60. The van der Waals surface area contributed by atoms with Gasteiger partial charge in [-0.15, -0.1) is 13.2 Å². The van der Waals surface area contributed by atoms with Gasteiger partial charge in [-0.05, 0) is 31.0 Å². The van der Waals surface area contributed by atoms with Gasteiger partial charge in [-0.2, -0.15) is 0 Å². The van der Waals surface area contributed by atoms with Crippen LogP contribution in [0.15, 0.2) is 24.3 Å². The van der Waals surface area contributed by atoms with Gasteiger partial charge in [-0.1, -0.05) is 17.9 Å². The highest BCUT2D eigenvalue weighted by Crippen LogP contribution is 2.40. The Bertz CT molecular complexity index is 723. The molecule has 0 aliphatic carbocycles. The van der Waals surface area contributed by atoms with Crippen molar-refractivity contribution in [3.05, 3.63) is 29.8 Å². The Kier molecular flexibility index (Phi) is 4.29. The van der Waals surface area contributed by atoms with Crippen LogP contribution in [0.4, 0.5) is 18.0 Å². The molecule has 1 aromatic rings. The number of carboxylic acid groups (broad SMARTS) is 1. The van der Waals surface area contributed by atoms with E-state index in [2.05, 4.69) is 16.6 Å². The Morgan fingerprint density at radius 3 is 2.48 bits per heavy atom. The molecule has 3 rings (SSSR count). The summed E-state index contributed by atoms with van der Waals surface area (Å²) in [7, 11) is 0. The second-order valence-corrected chi connectivity index (χ2v) is 6.34. The molecular formula is C17H16F3NO4. The average Bonchev–Trinajstić information content (AvgIpc) is 2.77. The summed E-state index contributed by atoms with van der Waals surface area (Å²) in [5.41, 5.74) is -1.07. The van der Waals surface area contributed by atoms with Gasteiger partial charge in [-0.25, -0.2) is 4.79 Å². The molecule has 0 spiro atoms. The molecule has 0 radical (unpaired) electrons. The van der Waals surface area contributed by atoms with Crippen LogP contribution < -0.4 is 4.74 Å². The van der Waals surface area contributed by atoms with Gasteiger partial charge in [0.15, 0.2) is 0 Å². The average molecular weight is 355 g/mol. The van der Waals surface area contributed by atoms with E-state index in [9.17, 15) is 28.2 Å². The molecule has 2 fully saturated rings. The first-order valence-corrected chi connectivity index (χ1v) is 7.78. The minimum absolute atomic E-state index is 0.196. The first-order valence-electron chi connectivity index (χ1n) is 7.78. The fraction of sp³-hybridized carbons (Fsp3) is 0.471. The van der Waals surface area contributed by atoms with E-state index in [0.717, 1.165) is 6.07 Å². The van der Waals surface area contributed by atoms with Crippen LogP contribution in [-0.4, -0.2) is 45.3 Å². The van der Waals surface area contributed by atoms with E-state index in [1.807, 2.05) is 0 Å². The molecule has 134 valence electrons. The zero-order chi connectivity index (χ0) is 18.2. The Hall–Kier alpha value is -2.40. The van der Waals surface area contributed by atoms with Gasteiger partial charge < -0.3 is 19.8 Å². The van der Waals surface area contributed by atoms with Gasteiger partial charge in [-0.3, -0.25) is 0 Å². The quantitative estimate of drug-likeness (QED) is 0.760. The molecule has 1 aromatic carbocycles. The van der Waals surface area contributed by atoms with Crippen LogP contribution in [0.5, 0.6) is 5.75 Å². The zero-order valence-electron chi connectivity index (χ0n) is 13.1. The SMILES string of the molecule is O=C(O)N1C2CCC1CC(O)(C#Cc1cccc(OC(F)(F)F)c1)C2. The summed E-state index contributed by atoms with van der Waals surface area (Å²) in [6.07, 6.45) is -4.04. The molecule has 2 unspecified atom stereocenters. The van der Waals surface area contributed by atoms with Crippen LogP contribution in [0.2, 0.25) is 0 Å². The number of piperidine rings is 1. The standard InChI is InChI=1S/C17H16F3NO4/c18-17(19,20)25-14-3-1-2-11(8-14)6-7-16(24)9-12-4-5-13(10-16)21(12)15(22)23/h1-3,8,12-13,24H,4-5,9-10H2,(H,22,23). The second kappa shape index (κ2) is 6.15. The third kappa shape index (κ3) is 3.99. The number of aliphatic hydroxyl groups is 1. The lowest BCUT2D eigenvalue weighted by atomic mass is 9.86. The van der Waals surface area contributed by atoms with E-state index in [1.54, 1.807) is 0 Å². The molecule has 2 aliphatic rings. The summed E-state index contributed by atoms with van der Waals surface area (Å²) in [4.78, 5) is 12.6. The lowest BCUT2D eigenvalue weighted by Gasteiger charge is -2.39. The molecule has 8 heteroatoms. The number of hydrogen-bond donors (Lipinski definition) is 2. The monoisotopic (exact) mass is 355 g/mol. The molecule has 5 nitrogen and oxygen atoms in total. The lowest BCUT2D eigenvalue weighted by molar-refractivity contribution is -0.274. The van der Waals surface area contributed by atoms with Crippen LogP contribution in [-0.2, 0) is 0 Å². The Labute approximate surface area is 142 Å². The van der Waals surface area contributed by atoms with E-state index in [-0.39, 0.29) is 36.2 Å². The van der Waals surface area contributed by atoms with Gasteiger partial charge in [0.1, 0.15) is 11.4 Å². The summed E-state index contributed by atoms with van der Waals surface area (Å²) < 4.78 is 40.6. The number of fused-ring (bicyclic) bond motifs is 2. The molecule has 2 saturated heterocycles. The first kappa shape index (κ1) is 17.4. The largest absolute Gasteiger partial charge is 0.573 e. The smallest absolute Gasteiger partial charge is 0.465 e. The van der Waals surface area contributed by atoms with Gasteiger partial charge in [0.25, 0.3) is 0 Å². The van der Waals surface area contributed by atoms with Crippen molar-refractivity contribution in [2.45, 2.75) is 49.7 Å². The molecule has 1 amide bonds. The first-order chi connectivity index (χ1) is 11.7. The normalized spacial score (nSPS) is 28.2. The number of ether oxygens (including phenoxy) is 1. The molecule has 2 bridgehead atoms. The number of benzene rings is 1. The number of amides is 1. The van der Waals surface area contributed by atoms with E-state index in [0.29, 0.717) is 12.8 Å². The Morgan fingerprint density at radius 2 is 1.92 bits per heavy atom. The summed E-state index contributed by atoms with van der Waals surface area (Å²) in [5, 5.41) is 19.9. The molecule has 2 atom stereocenters. The predicted octanol–water partition coefficient (Wildman–Crippen LogP) is 2.97. The van der Waals surface area contributed by atoms with Crippen molar-refractivity contribution in [3.8, 4) is 17.6 Å². The maximum Gasteiger partial charge on any atom is 0.573 e. The van der Waals surface area contributed by atoms with Crippen molar-refractivity contribution in [3.63, 3.8) is 0 Å². The van der Waals surface area contributed by atoms with Crippen LogP contribution in [0, 0.1) is 11.8 Å². The Morgan fingerprint density at radius 1 is 1.28 bits per heavy atom. The molecule has 2 heterocycles. The van der Waals surface area contributed by atoms with Gasteiger partial charge >= 0.3 is 12.5 Å². The van der Waals surface area contributed by atoms with Crippen LogP contribution in [0.1, 0.15) is 31.2 Å². The minimum atomic E-state index is -4.78. The van der Waals surface area contributed by atoms with Crippen molar-refractivity contribution >= 4 is 6.09 Å². The molecule has 0 aromatic heterocycles. The fourth-order valence-corrected chi connectivity index (χ4v) is 3.60. The summed E-state index contributed by atoms with van der Waals surface area (Å²) in [6.45, 7) is 0. The van der Waals surface area contributed by atoms with Gasteiger partial charge in [0, 0.05) is 30.5 Å². The molecule has 0 saturated carbocycles. The number of hydrogen-bond acceptors (Lipinski definition) is 3. The maximum absolute atomic E-state index is 12.3. The van der Waals surface area contributed by atoms with E-state index in [4.69, 9.17) is 0 Å². The third-order valence-corrected chi connectivity index (χ3v) is 4.49. The topological polar surface area (TPSA) is 70.0 Å². The molecule has 2 N–H and O–H groups in total. The van der Waals surface area contributed by atoms with Crippen LogP contribution in [0.25, 0.3) is 0 Å². The van der Waals surface area contributed by atoms with E-state index < -0.39 is 18.1 Å². The van der Waals surface area contributed by atoms with E-state index >= 15 is 0 Å². The van der Waals surface area contributed by atoms with Gasteiger partial charge in [0.2, 0.25) is 0 Å². The van der Waals surface area contributed by atoms with Gasteiger partial charge in [0.05, 0.1) is 0 Å². The highest BCUT2D eigenvalue weighted by atomic mass is 19.4. The number of halogens is 3. The predicted molar refractivity (Wildman–Crippen MR) is 80.9 cm³/mol. The lowest BCUT2D eigenvalue weighted by Crippen LogP contribution is -2.52.